The van der Waals surface area contributed by atoms with E-state index >= 15 is 0 Å². The van der Waals surface area contributed by atoms with Gasteiger partial charge >= 0.3 is 12.0 Å². The predicted molar refractivity (Wildman–Crippen MR) is 73.1 cm³/mol. The third-order valence-corrected chi connectivity index (χ3v) is 3.66. The first kappa shape index (κ1) is 15.8. The molecule has 19 heavy (non-hydrogen) atoms. The van der Waals surface area contributed by atoms with Crippen molar-refractivity contribution < 1.29 is 14.7 Å². The molecule has 1 fully saturated rings. The van der Waals surface area contributed by atoms with E-state index < -0.39 is 5.97 Å². The summed E-state index contributed by atoms with van der Waals surface area (Å²) in [4.78, 5) is 26.7. The average molecular weight is 271 g/mol. The molecule has 2 atom stereocenters. The maximum absolute atomic E-state index is 12.1. The van der Waals surface area contributed by atoms with Crippen LogP contribution >= 0.6 is 0 Å². The van der Waals surface area contributed by atoms with Gasteiger partial charge in [-0.2, -0.15) is 0 Å². The highest BCUT2D eigenvalue weighted by atomic mass is 16.4. The van der Waals surface area contributed by atoms with Crippen LogP contribution in [0.2, 0.25) is 0 Å². The van der Waals surface area contributed by atoms with Crippen molar-refractivity contribution >= 4 is 12.0 Å². The second kappa shape index (κ2) is 7.33. The summed E-state index contributed by atoms with van der Waals surface area (Å²) in [5.41, 5.74) is 0. The topological polar surface area (TPSA) is 72.9 Å². The van der Waals surface area contributed by atoms with E-state index in [1.807, 2.05) is 21.0 Å². The summed E-state index contributed by atoms with van der Waals surface area (Å²) in [5.74, 6) is -0.878. The first-order chi connectivity index (χ1) is 8.93. The number of rotatable bonds is 5. The lowest BCUT2D eigenvalue weighted by Crippen LogP contribution is -2.52. The van der Waals surface area contributed by atoms with E-state index in [0.29, 0.717) is 19.0 Å². The van der Waals surface area contributed by atoms with Crippen molar-refractivity contribution in [1.29, 1.82) is 0 Å². The zero-order chi connectivity index (χ0) is 14.4. The molecule has 0 aromatic carbocycles. The van der Waals surface area contributed by atoms with Gasteiger partial charge in [0.05, 0.1) is 6.42 Å². The molecule has 0 saturated carbocycles. The van der Waals surface area contributed by atoms with Crippen LogP contribution in [-0.4, -0.2) is 66.2 Å². The molecule has 1 aliphatic heterocycles. The summed E-state index contributed by atoms with van der Waals surface area (Å²) in [6.07, 6.45) is 2.70. The summed E-state index contributed by atoms with van der Waals surface area (Å²) >= 11 is 0. The van der Waals surface area contributed by atoms with Crippen LogP contribution in [0.4, 0.5) is 4.79 Å². The number of hydrogen-bond acceptors (Lipinski definition) is 3. The summed E-state index contributed by atoms with van der Waals surface area (Å²) in [7, 11) is 4.04. The van der Waals surface area contributed by atoms with Gasteiger partial charge in [-0.25, -0.2) is 4.79 Å². The van der Waals surface area contributed by atoms with Gasteiger partial charge in [0, 0.05) is 25.2 Å². The van der Waals surface area contributed by atoms with Crippen molar-refractivity contribution in [3.05, 3.63) is 0 Å². The van der Waals surface area contributed by atoms with Gasteiger partial charge in [0.15, 0.2) is 0 Å². The number of carbonyl (C=O) groups excluding carboxylic acids is 1. The first-order valence-corrected chi connectivity index (χ1v) is 6.87. The number of amides is 2. The monoisotopic (exact) mass is 271 g/mol. The Labute approximate surface area is 114 Å². The number of likely N-dealkylation sites (tertiary alicyclic amines) is 1. The molecule has 1 saturated heterocycles. The molecule has 0 aliphatic carbocycles. The second-order valence-electron chi connectivity index (χ2n) is 5.36. The van der Waals surface area contributed by atoms with Crippen molar-refractivity contribution in [2.45, 2.75) is 44.7 Å². The van der Waals surface area contributed by atoms with E-state index in [2.05, 4.69) is 10.2 Å². The minimum absolute atomic E-state index is 0.0206. The number of aliphatic carboxylic acids is 1. The van der Waals surface area contributed by atoms with Gasteiger partial charge in [0.1, 0.15) is 0 Å². The molecule has 1 rings (SSSR count). The quantitative estimate of drug-likeness (QED) is 0.781. The van der Waals surface area contributed by atoms with Crippen molar-refractivity contribution in [3.63, 3.8) is 0 Å². The molecule has 0 aromatic rings. The Morgan fingerprint density at radius 1 is 1.47 bits per heavy atom. The molecule has 0 radical (unpaired) electrons. The molecule has 6 nitrogen and oxygen atoms in total. The summed E-state index contributed by atoms with van der Waals surface area (Å²) < 4.78 is 0. The smallest absolute Gasteiger partial charge is 0.317 e. The van der Waals surface area contributed by atoms with E-state index in [9.17, 15) is 9.59 Å². The van der Waals surface area contributed by atoms with E-state index in [-0.39, 0.29) is 18.5 Å². The number of likely N-dealkylation sites (N-methyl/N-ethyl adjacent to an activating group) is 1. The second-order valence-corrected chi connectivity index (χ2v) is 5.36. The minimum Gasteiger partial charge on any atom is -0.481 e. The van der Waals surface area contributed by atoms with E-state index in [4.69, 9.17) is 5.11 Å². The fourth-order valence-corrected chi connectivity index (χ4v) is 2.33. The number of carbonyl (C=O) groups is 2. The highest BCUT2D eigenvalue weighted by Gasteiger charge is 2.26. The molecular weight excluding hydrogens is 246 g/mol. The Morgan fingerprint density at radius 3 is 2.68 bits per heavy atom. The number of urea groups is 1. The highest BCUT2D eigenvalue weighted by Crippen LogP contribution is 2.14. The predicted octanol–water partition coefficient (Wildman–Crippen LogP) is 0.975. The molecule has 1 aliphatic rings. The fraction of sp³-hybridized carbons (Fsp3) is 0.846. The maximum Gasteiger partial charge on any atom is 0.317 e. The molecule has 0 aromatic heterocycles. The number of carboxylic acids is 1. The van der Waals surface area contributed by atoms with Gasteiger partial charge in [-0.05, 0) is 33.4 Å². The number of hydrogen-bond donors (Lipinski definition) is 2. The SMILES string of the molecule is CCC(CC(=O)O)NC(=O)N1CCCC(N(C)C)C1. The van der Waals surface area contributed by atoms with E-state index in [0.717, 1.165) is 19.4 Å². The highest BCUT2D eigenvalue weighted by molar-refractivity contribution is 5.76. The zero-order valence-corrected chi connectivity index (χ0v) is 12.1. The van der Waals surface area contributed by atoms with E-state index in [1.54, 1.807) is 4.90 Å². The number of piperidine rings is 1. The van der Waals surface area contributed by atoms with Gasteiger partial charge in [0.25, 0.3) is 0 Å². The van der Waals surface area contributed by atoms with Crippen LogP contribution < -0.4 is 5.32 Å². The molecule has 2 unspecified atom stereocenters. The standard InChI is InChI=1S/C13H25N3O3/c1-4-10(8-12(17)18)14-13(19)16-7-5-6-11(9-16)15(2)3/h10-11H,4-9H2,1-3H3,(H,14,19)(H,17,18). The molecule has 2 amide bonds. The Kier molecular flexibility index (Phi) is 6.08. The van der Waals surface area contributed by atoms with Gasteiger partial charge in [0.2, 0.25) is 0 Å². The molecule has 1 heterocycles. The molecule has 0 bridgehead atoms. The van der Waals surface area contributed by atoms with E-state index in [1.165, 1.54) is 0 Å². The largest absolute Gasteiger partial charge is 0.481 e. The molecule has 0 spiro atoms. The zero-order valence-electron chi connectivity index (χ0n) is 12.1. The maximum atomic E-state index is 12.1. The minimum atomic E-state index is -0.878. The normalized spacial score (nSPS) is 21.3. The molecular formula is C13H25N3O3. The van der Waals surface area contributed by atoms with Crippen LogP contribution in [0, 0.1) is 0 Å². The van der Waals surface area contributed by atoms with Crippen LogP contribution in [0.15, 0.2) is 0 Å². The summed E-state index contributed by atoms with van der Waals surface area (Å²) in [6.45, 7) is 3.34. The fourth-order valence-electron chi connectivity index (χ4n) is 2.33. The van der Waals surface area contributed by atoms with Gasteiger partial charge in [-0.15, -0.1) is 0 Å². The Hall–Kier alpha value is -1.30. The van der Waals surface area contributed by atoms with Crippen LogP contribution in [0.5, 0.6) is 0 Å². The van der Waals surface area contributed by atoms with Crippen molar-refractivity contribution in [2.75, 3.05) is 27.2 Å². The number of carboxylic acid groups (broad SMARTS) is 1. The molecule has 6 heteroatoms. The van der Waals surface area contributed by atoms with Crippen LogP contribution in [0.1, 0.15) is 32.6 Å². The van der Waals surface area contributed by atoms with Crippen molar-refractivity contribution in [2.24, 2.45) is 0 Å². The molecule has 2 N–H and O–H groups in total. The Bertz CT molecular complexity index is 320. The average Bonchev–Trinajstić information content (AvgIpc) is 2.37. The summed E-state index contributed by atoms with van der Waals surface area (Å²) in [5, 5.41) is 11.6. The Morgan fingerprint density at radius 2 is 2.16 bits per heavy atom. The molecule has 110 valence electrons. The van der Waals surface area contributed by atoms with Gasteiger partial charge in [-0.1, -0.05) is 6.92 Å². The van der Waals surface area contributed by atoms with Crippen molar-refractivity contribution in [1.82, 2.24) is 15.1 Å². The number of nitrogens with one attached hydrogen (secondary N) is 1. The third kappa shape index (κ3) is 5.06. The van der Waals surface area contributed by atoms with Gasteiger partial charge in [-0.3, -0.25) is 4.79 Å². The third-order valence-electron chi connectivity index (χ3n) is 3.66. The lowest BCUT2D eigenvalue weighted by Gasteiger charge is -2.36. The Balaban J connectivity index is 2.49. The number of nitrogens with zero attached hydrogens (tertiary/aromatic N) is 2. The summed E-state index contributed by atoms with van der Waals surface area (Å²) in [6, 6.07) is -0.0385. The van der Waals surface area contributed by atoms with Crippen LogP contribution in [0.3, 0.4) is 0 Å². The van der Waals surface area contributed by atoms with Crippen molar-refractivity contribution in [3.8, 4) is 0 Å². The first-order valence-electron chi connectivity index (χ1n) is 6.87. The lowest BCUT2D eigenvalue weighted by molar-refractivity contribution is -0.137. The van der Waals surface area contributed by atoms with Crippen LogP contribution in [0.25, 0.3) is 0 Å². The lowest BCUT2D eigenvalue weighted by atomic mass is 10.1. The van der Waals surface area contributed by atoms with Crippen LogP contribution in [-0.2, 0) is 4.79 Å². The van der Waals surface area contributed by atoms with Gasteiger partial charge < -0.3 is 20.2 Å².